The van der Waals surface area contributed by atoms with Crippen LogP contribution < -0.4 is 0 Å². The molecule has 4 atom stereocenters. The summed E-state index contributed by atoms with van der Waals surface area (Å²) in [5, 5.41) is 0. The molecule has 2 aliphatic carbocycles. The van der Waals surface area contributed by atoms with E-state index in [4.69, 9.17) is 9.47 Å². The molecule has 2 aliphatic rings. The summed E-state index contributed by atoms with van der Waals surface area (Å²) in [5.74, 6) is -0.224. The molecule has 0 heterocycles. The first kappa shape index (κ1) is 22.8. The third-order valence-corrected chi connectivity index (χ3v) is 7.39. The predicted octanol–water partition coefficient (Wildman–Crippen LogP) is 5.70. The number of carbonyl (C=O) groups is 2. The van der Waals surface area contributed by atoms with E-state index >= 15 is 0 Å². The van der Waals surface area contributed by atoms with Gasteiger partial charge in [0.2, 0.25) is 0 Å². The molecule has 1 aromatic rings. The van der Waals surface area contributed by atoms with Crippen molar-refractivity contribution in [3.8, 4) is 0 Å². The van der Waals surface area contributed by atoms with Crippen molar-refractivity contribution in [3.63, 3.8) is 0 Å². The summed E-state index contributed by atoms with van der Waals surface area (Å²) >= 11 is 0. The van der Waals surface area contributed by atoms with E-state index in [9.17, 15) is 9.59 Å². The van der Waals surface area contributed by atoms with Crippen molar-refractivity contribution in [2.75, 3.05) is 0 Å². The first-order chi connectivity index (χ1) is 14.0. The van der Waals surface area contributed by atoms with E-state index in [2.05, 4.69) is 32.0 Å². The van der Waals surface area contributed by atoms with Crippen LogP contribution in [0.5, 0.6) is 0 Å². The van der Waals surface area contributed by atoms with Gasteiger partial charge in [0.15, 0.2) is 0 Å². The summed E-state index contributed by atoms with van der Waals surface area (Å²) in [5.41, 5.74) is 3.19. The molecule has 0 radical (unpaired) electrons. The van der Waals surface area contributed by atoms with Crippen LogP contribution in [0.25, 0.3) is 0 Å². The molecule has 0 aliphatic heterocycles. The number of aryl methyl sites for hydroxylation is 1. The topological polar surface area (TPSA) is 52.6 Å². The Bertz CT molecular complexity index is 811. The molecule has 1 aromatic carbocycles. The van der Waals surface area contributed by atoms with Gasteiger partial charge in [0.1, 0.15) is 0 Å². The zero-order valence-corrected chi connectivity index (χ0v) is 19.7. The summed E-state index contributed by atoms with van der Waals surface area (Å²) in [4.78, 5) is 25.5. The maximum atomic E-state index is 13.1. The van der Waals surface area contributed by atoms with Crippen molar-refractivity contribution in [3.05, 3.63) is 34.9 Å². The largest absolute Gasteiger partial charge is 0.463 e. The van der Waals surface area contributed by atoms with Gasteiger partial charge in [-0.15, -0.1) is 0 Å². The highest BCUT2D eigenvalue weighted by Gasteiger charge is 2.55. The van der Waals surface area contributed by atoms with Gasteiger partial charge in [-0.1, -0.05) is 31.5 Å². The van der Waals surface area contributed by atoms with Gasteiger partial charge in [0.25, 0.3) is 0 Å². The minimum atomic E-state index is -0.442. The summed E-state index contributed by atoms with van der Waals surface area (Å²) in [7, 11) is 0. The molecule has 0 N–H and O–H groups in total. The number of hydrogen-bond acceptors (Lipinski definition) is 4. The Morgan fingerprint density at radius 3 is 2.30 bits per heavy atom. The molecule has 4 nitrogen and oxygen atoms in total. The molecule has 0 bridgehead atoms. The van der Waals surface area contributed by atoms with Gasteiger partial charge < -0.3 is 9.47 Å². The second-order valence-corrected chi connectivity index (χ2v) is 10.4. The minimum Gasteiger partial charge on any atom is -0.463 e. The first-order valence-corrected chi connectivity index (χ1v) is 11.5. The normalized spacial score (nSPS) is 29.2. The van der Waals surface area contributed by atoms with Crippen LogP contribution in [0.3, 0.4) is 0 Å². The average molecular weight is 415 g/mol. The Labute approximate surface area is 181 Å². The Morgan fingerprint density at radius 2 is 1.67 bits per heavy atom. The van der Waals surface area contributed by atoms with E-state index in [1.54, 1.807) is 0 Å². The second kappa shape index (κ2) is 8.36. The summed E-state index contributed by atoms with van der Waals surface area (Å²) in [6.45, 7) is 14.0. The van der Waals surface area contributed by atoms with E-state index in [1.807, 2.05) is 34.6 Å². The van der Waals surface area contributed by atoms with Gasteiger partial charge >= 0.3 is 11.9 Å². The van der Waals surface area contributed by atoms with Gasteiger partial charge in [-0.2, -0.15) is 0 Å². The van der Waals surface area contributed by atoms with Crippen molar-refractivity contribution < 1.29 is 19.1 Å². The van der Waals surface area contributed by atoms with Gasteiger partial charge in [-0.25, -0.2) is 0 Å². The molecule has 4 heteroatoms. The van der Waals surface area contributed by atoms with Crippen molar-refractivity contribution in [2.24, 2.45) is 11.3 Å². The van der Waals surface area contributed by atoms with Crippen molar-refractivity contribution >= 4 is 11.9 Å². The van der Waals surface area contributed by atoms with Crippen LogP contribution in [0.15, 0.2) is 18.2 Å². The van der Waals surface area contributed by atoms with Crippen molar-refractivity contribution in [2.45, 2.75) is 104 Å². The highest BCUT2D eigenvalue weighted by Crippen LogP contribution is 2.57. The Morgan fingerprint density at radius 1 is 1.00 bits per heavy atom. The summed E-state index contributed by atoms with van der Waals surface area (Å²) < 4.78 is 11.1. The number of ether oxygens (including phenoxy) is 2. The van der Waals surface area contributed by atoms with Crippen LogP contribution in [-0.2, 0) is 30.9 Å². The van der Waals surface area contributed by atoms with Crippen LogP contribution in [-0.4, -0.2) is 24.1 Å². The van der Waals surface area contributed by atoms with E-state index in [-0.39, 0.29) is 41.4 Å². The third kappa shape index (κ3) is 4.02. The quantitative estimate of drug-likeness (QED) is 0.580. The number of rotatable bonds is 5. The highest BCUT2D eigenvalue weighted by atomic mass is 16.5. The second-order valence-electron chi connectivity index (χ2n) is 10.4. The lowest BCUT2D eigenvalue weighted by atomic mass is 9.49. The molecule has 3 rings (SSSR count). The van der Waals surface area contributed by atoms with Crippen LogP contribution in [0, 0.1) is 11.3 Å². The number of hydrogen-bond donors (Lipinski definition) is 0. The maximum absolute atomic E-state index is 13.1. The van der Waals surface area contributed by atoms with E-state index in [0.29, 0.717) is 0 Å². The monoisotopic (exact) mass is 414 g/mol. The summed E-state index contributed by atoms with van der Waals surface area (Å²) in [6, 6.07) is 6.48. The van der Waals surface area contributed by atoms with Crippen LogP contribution in [0.1, 0.15) is 96.8 Å². The Kier molecular flexibility index (Phi) is 6.36. The summed E-state index contributed by atoms with van der Waals surface area (Å²) in [6.07, 6.45) is 4.70. The molecule has 0 spiro atoms. The standard InChI is InChI=1S/C26H38O4/c1-16(2)29-23(27)18(5)19-9-11-21-20(15-19)10-12-22-25(21,6)13-8-14-26(22,7)24(28)30-17(3)4/h9,11,15-18,22H,8,10,12-14H2,1-7H3. The first-order valence-electron chi connectivity index (χ1n) is 11.5. The molecular weight excluding hydrogens is 376 g/mol. The molecule has 0 amide bonds. The smallest absolute Gasteiger partial charge is 0.313 e. The SMILES string of the molecule is CC(C)OC(=O)C(C)c1ccc2c(c1)CCC1C(C)(C(=O)OC(C)C)CCCC21C. The van der Waals surface area contributed by atoms with Gasteiger partial charge in [0.05, 0.1) is 23.5 Å². The molecule has 0 saturated heterocycles. The molecule has 4 unspecified atom stereocenters. The van der Waals surface area contributed by atoms with Crippen LogP contribution in [0.4, 0.5) is 0 Å². The predicted molar refractivity (Wildman–Crippen MR) is 118 cm³/mol. The highest BCUT2D eigenvalue weighted by molar-refractivity contribution is 5.79. The number of fused-ring (bicyclic) bond motifs is 3. The van der Waals surface area contributed by atoms with Crippen molar-refractivity contribution in [1.29, 1.82) is 0 Å². The zero-order valence-electron chi connectivity index (χ0n) is 19.7. The minimum absolute atomic E-state index is 0.0430. The Balaban J connectivity index is 1.92. The fourth-order valence-electron chi connectivity index (χ4n) is 5.84. The fourth-order valence-corrected chi connectivity index (χ4v) is 5.84. The number of benzene rings is 1. The average Bonchev–Trinajstić information content (AvgIpc) is 2.65. The molecule has 1 saturated carbocycles. The lowest BCUT2D eigenvalue weighted by molar-refractivity contribution is -0.168. The van der Waals surface area contributed by atoms with Crippen LogP contribution >= 0.6 is 0 Å². The van der Waals surface area contributed by atoms with Crippen LogP contribution in [0.2, 0.25) is 0 Å². The lowest BCUT2D eigenvalue weighted by Crippen LogP contribution is -2.53. The van der Waals surface area contributed by atoms with E-state index < -0.39 is 5.41 Å². The van der Waals surface area contributed by atoms with E-state index in [0.717, 1.165) is 37.7 Å². The molecule has 30 heavy (non-hydrogen) atoms. The molecule has 1 fully saturated rings. The lowest BCUT2D eigenvalue weighted by Gasteiger charge is -2.54. The van der Waals surface area contributed by atoms with Gasteiger partial charge in [-0.3, -0.25) is 9.59 Å². The Hall–Kier alpha value is -1.84. The molecule has 0 aromatic heterocycles. The molecule has 166 valence electrons. The molecular formula is C26H38O4. The van der Waals surface area contributed by atoms with Gasteiger partial charge in [0, 0.05) is 0 Å². The fraction of sp³-hybridized carbons (Fsp3) is 0.692. The van der Waals surface area contributed by atoms with Gasteiger partial charge in [-0.05, 0) is 95.2 Å². The number of carbonyl (C=O) groups excluding carboxylic acids is 2. The maximum Gasteiger partial charge on any atom is 0.313 e. The number of esters is 2. The zero-order chi connectivity index (χ0) is 22.3. The van der Waals surface area contributed by atoms with E-state index in [1.165, 1.54) is 11.1 Å². The van der Waals surface area contributed by atoms with Crippen molar-refractivity contribution in [1.82, 2.24) is 0 Å². The third-order valence-electron chi connectivity index (χ3n) is 7.39.